The number of rotatable bonds is 8. The van der Waals surface area contributed by atoms with E-state index >= 15 is 0 Å². The molecule has 3 N–H and O–H groups in total. The summed E-state index contributed by atoms with van der Waals surface area (Å²) < 4.78 is 13.1. The topological polar surface area (TPSA) is 78.4 Å². The van der Waals surface area contributed by atoms with E-state index in [-0.39, 0.29) is 36.4 Å². The minimum Gasteiger partial charge on any atom is -0.357 e. The molecule has 1 aromatic carbocycles. The van der Waals surface area contributed by atoms with Gasteiger partial charge in [0.2, 0.25) is 5.91 Å². The van der Waals surface area contributed by atoms with E-state index in [2.05, 4.69) is 32.9 Å². The van der Waals surface area contributed by atoms with Gasteiger partial charge in [-0.05, 0) is 31.5 Å². The van der Waals surface area contributed by atoms with Gasteiger partial charge in [0.15, 0.2) is 5.96 Å². The number of aliphatic imine (C=N–C) groups is 1. The van der Waals surface area contributed by atoms with Gasteiger partial charge in [-0.3, -0.25) is 4.79 Å². The van der Waals surface area contributed by atoms with Crippen LogP contribution in [0.4, 0.5) is 10.1 Å². The van der Waals surface area contributed by atoms with Crippen LogP contribution in [0.25, 0.3) is 0 Å². The van der Waals surface area contributed by atoms with Gasteiger partial charge in [-0.25, -0.2) is 14.4 Å². The van der Waals surface area contributed by atoms with Crippen molar-refractivity contribution in [2.24, 2.45) is 4.99 Å². The van der Waals surface area contributed by atoms with E-state index in [1.54, 1.807) is 23.5 Å². The normalized spacial score (nSPS) is 10.9. The zero-order chi connectivity index (χ0) is 18.8. The Morgan fingerprint density at radius 2 is 2.11 bits per heavy atom. The van der Waals surface area contributed by atoms with Gasteiger partial charge in [0.25, 0.3) is 0 Å². The Morgan fingerprint density at radius 3 is 2.78 bits per heavy atom. The molecule has 9 heteroatoms. The van der Waals surface area contributed by atoms with E-state index in [0.29, 0.717) is 24.7 Å². The number of benzene rings is 1. The molecule has 6 nitrogen and oxygen atoms in total. The maximum Gasteiger partial charge on any atom is 0.246 e. The van der Waals surface area contributed by atoms with Gasteiger partial charge in [0.1, 0.15) is 12.4 Å². The van der Waals surface area contributed by atoms with Crippen LogP contribution in [0, 0.1) is 5.82 Å². The van der Waals surface area contributed by atoms with Gasteiger partial charge in [-0.2, -0.15) is 0 Å². The van der Waals surface area contributed by atoms with Gasteiger partial charge in [-0.15, -0.1) is 35.3 Å². The fraction of sp³-hybridized carbons (Fsp3) is 0.389. The molecule has 0 radical (unpaired) electrons. The fourth-order valence-corrected chi connectivity index (χ4v) is 3.04. The third-order valence-electron chi connectivity index (χ3n) is 3.41. The predicted octanol–water partition coefficient (Wildman–Crippen LogP) is 3.20. The first-order valence-electron chi connectivity index (χ1n) is 8.62. The predicted molar refractivity (Wildman–Crippen MR) is 120 cm³/mol. The van der Waals surface area contributed by atoms with Crippen molar-refractivity contribution in [3.63, 3.8) is 0 Å². The highest BCUT2D eigenvalue weighted by molar-refractivity contribution is 14.0. The number of nitrogens with one attached hydrogen (secondary N) is 3. The van der Waals surface area contributed by atoms with Gasteiger partial charge in [0, 0.05) is 36.3 Å². The van der Waals surface area contributed by atoms with Crippen molar-refractivity contribution in [2.45, 2.75) is 26.7 Å². The Labute approximate surface area is 180 Å². The van der Waals surface area contributed by atoms with E-state index in [9.17, 15) is 9.18 Å². The number of aryl methyl sites for hydroxylation is 1. The second-order valence-electron chi connectivity index (χ2n) is 5.50. The molecule has 2 rings (SSSR count). The molecule has 1 aromatic heterocycles. The van der Waals surface area contributed by atoms with E-state index in [1.165, 1.54) is 17.0 Å². The van der Waals surface area contributed by atoms with Gasteiger partial charge in [-0.1, -0.05) is 13.0 Å². The Balaban J connectivity index is 0.00000364. The lowest BCUT2D eigenvalue weighted by Gasteiger charge is -2.10. The lowest BCUT2D eigenvalue weighted by molar-refractivity contribution is -0.114. The molecular weight excluding hydrogens is 480 g/mol. The highest BCUT2D eigenvalue weighted by Gasteiger charge is 2.05. The zero-order valence-corrected chi connectivity index (χ0v) is 18.6. The number of thiazole rings is 1. The second-order valence-corrected chi connectivity index (χ2v) is 6.70. The summed E-state index contributed by atoms with van der Waals surface area (Å²) in [6.45, 7) is 5.38. The van der Waals surface area contributed by atoms with E-state index in [0.717, 1.165) is 17.8 Å². The molecule has 0 aliphatic heterocycles. The third-order valence-corrected chi connectivity index (χ3v) is 4.62. The van der Waals surface area contributed by atoms with Gasteiger partial charge in [0.05, 0.1) is 5.01 Å². The Bertz CT molecular complexity index is 753. The molecule has 2 aromatic rings. The zero-order valence-electron chi connectivity index (χ0n) is 15.4. The lowest BCUT2D eigenvalue weighted by atomic mass is 10.3. The van der Waals surface area contributed by atoms with E-state index in [1.807, 2.05) is 13.1 Å². The summed E-state index contributed by atoms with van der Waals surface area (Å²) in [6, 6.07) is 5.77. The van der Waals surface area contributed by atoms with Crippen molar-refractivity contribution in [3.8, 4) is 0 Å². The maximum absolute atomic E-state index is 13.1. The van der Waals surface area contributed by atoms with Crippen LogP contribution in [0.5, 0.6) is 0 Å². The number of carbonyl (C=O) groups is 1. The molecule has 27 heavy (non-hydrogen) atoms. The van der Waals surface area contributed by atoms with Crippen molar-refractivity contribution in [3.05, 3.63) is 46.2 Å². The number of hydrogen-bond acceptors (Lipinski definition) is 4. The van der Waals surface area contributed by atoms with Crippen molar-refractivity contribution >= 4 is 52.9 Å². The quantitative estimate of drug-likeness (QED) is 0.293. The smallest absolute Gasteiger partial charge is 0.246 e. The Hall–Kier alpha value is -1.75. The molecular formula is C18H25FIN5OS. The van der Waals surface area contributed by atoms with Crippen LogP contribution in [-0.2, 0) is 17.6 Å². The standard InChI is InChI=1S/C18H24FN5OS.HI/c1-3-15-11-22-17(26-15)8-9-21-18(20-4-2)23-12-16(25)24-14-7-5-6-13(19)10-14;/h5-7,10-11H,3-4,8-9,12H2,1-2H3,(H,24,25)(H2,20,21,23);1H. The number of guanidine groups is 1. The highest BCUT2D eigenvalue weighted by atomic mass is 127. The van der Waals surface area contributed by atoms with Crippen LogP contribution in [0.2, 0.25) is 0 Å². The van der Waals surface area contributed by atoms with Crippen LogP contribution >= 0.6 is 35.3 Å². The lowest BCUT2D eigenvalue weighted by Crippen LogP contribution is -2.39. The third kappa shape index (κ3) is 8.65. The second kappa shape index (κ2) is 12.6. The van der Waals surface area contributed by atoms with Crippen LogP contribution in [0.15, 0.2) is 35.5 Å². The molecule has 0 aliphatic rings. The number of halogens is 2. The number of hydrogen-bond donors (Lipinski definition) is 3. The van der Waals surface area contributed by atoms with Crippen molar-refractivity contribution < 1.29 is 9.18 Å². The first-order valence-corrected chi connectivity index (χ1v) is 9.43. The first kappa shape index (κ1) is 23.3. The summed E-state index contributed by atoms with van der Waals surface area (Å²) in [4.78, 5) is 21.9. The summed E-state index contributed by atoms with van der Waals surface area (Å²) in [7, 11) is 0. The molecule has 0 atom stereocenters. The monoisotopic (exact) mass is 505 g/mol. The highest BCUT2D eigenvalue weighted by Crippen LogP contribution is 2.13. The van der Waals surface area contributed by atoms with Crippen molar-refractivity contribution in [1.29, 1.82) is 0 Å². The number of carbonyl (C=O) groups excluding carboxylic acids is 1. The molecule has 1 amide bonds. The Kier molecular flexibility index (Phi) is 10.9. The molecule has 0 fully saturated rings. The molecule has 148 valence electrons. The SMILES string of the molecule is CCNC(=NCC(=O)Nc1cccc(F)c1)NCCc1ncc(CC)s1.I. The van der Waals surface area contributed by atoms with Gasteiger partial charge < -0.3 is 16.0 Å². The molecule has 0 unspecified atom stereocenters. The minimum absolute atomic E-state index is 0. The number of anilines is 1. The summed E-state index contributed by atoms with van der Waals surface area (Å²) in [5.74, 6) is -0.135. The summed E-state index contributed by atoms with van der Waals surface area (Å²) >= 11 is 1.71. The van der Waals surface area contributed by atoms with E-state index < -0.39 is 5.82 Å². The summed E-state index contributed by atoms with van der Waals surface area (Å²) in [5, 5.41) is 9.99. The summed E-state index contributed by atoms with van der Waals surface area (Å²) in [6.07, 6.45) is 3.70. The molecule has 0 saturated heterocycles. The summed E-state index contributed by atoms with van der Waals surface area (Å²) in [5.41, 5.74) is 0.415. The van der Waals surface area contributed by atoms with Crippen LogP contribution < -0.4 is 16.0 Å². The average molecular weight is 505 g/mol. The molecule has 0 bridgehead atoms. The molecule has 0 spiro atoms. The van der Waals surface area contributed by atoms with Crippen molar-refractivity contribution in [2.75, 3.05) is 25.0 Å². The number of amides is 1. The molecule has 1 heterocycles. The van der Waals surface area contributed by atoms with Gasteiger partial charge >= 0.3 is 0 Å². The van der Waals surface area contributed by atoms with Crippen LogP contribution in [-0.4, -0.2) is 36.5 Å². The molecule has 0 saturated carbocycles. The maximum atomic E-state index is 13.1. The van der Waals surface area contributed by atoms with Crippen LogP contribution in [0.1, 0.15) is 23.7 Å². The number of nitrogens with zero attached hydrogens (tertiary/aromatic N) is 2. The molecule has 0 aliphatic carbocycles. The van der Waals surface area contributed by atoms with E-state index in [4.69, 9.17) is 0 Å². The van der Waals surface area contributed by atoms with Crippen LogP contribution in [0.3, 0.4) is 0 Å². The minimum atomic E-state index is -0.394. The fourth-order valence-electron chi connectivity index (χ4n) is 2.17. The van der Waals surface area contributed by atoms with Crippen molar-refractivity contribution in [1.82, 2.24) is 15.6 Å². The Morgan fingerprint density at radius 1 is 1.30 bits per heavy atom. The average Bonchev–Trinajstić information content (AvgIpc) is 3.08. The first-order chi connectivity index (χ1) is 12.6. The largest absolute Gasteiger partial charge is 0.357 e. The number of aromatic nitrogens is 1.